The summed E-state index contributed by atoms with van der Waals surface area (Å²) >= 11 is 0. The highest BCUT2D eigenvalue weighted by atomic mass is 16.2. The number of fused-ring (bicyclic) bond motifs is 1. The summed E-state index contributed by atoms with van der Waals surface area (Å²) in [6, 6.07) is 6.26. The van der Waals surface area contributed by atoms with Crippen molar-refractivity contribution in [1.82, 2.24) is 15.1 Å². The van der Waals surface area contributed by atoms with Gasteiger partial charge in [-0.3, -0.25) is 24.4 Å². The maximum absolute atomic E-state index is 12.0. The second-order valence-electron chi connectivity index (χ2n) is 4.34. The second kappa shape index (κ2) is 4.30. The van der Waals surface area contributed by atoms with Gasteiger partial charge >= 0.3 is 0 Å². The number of carbonyl (C=O) groups is 3. The Balaban J connectivity index is 1.95. The number of hydrogen-bond donors (Lipinski definition) is 2. The SMILES string of the molecule is Cn1ccc(C(=O)Nc2cccc3c2C(=O)NC3=O)n1. The van der Waals surface area contributed by atoms with Gasteiger partial charge in [0.25, 0.3) is 17.7 Å². The van der Waals surface area contributed by atoms with Crippen LogP contribution in [-0.4, -0.2) is 27.5 Å². The van der Waals surface area contributed by atoms with Crippen LogP contribution >= 0.6 is 0 Å². The number of aromatic nitrogens is 2. The molecule has 0 atom stereocenters. The third-order valence-corrected chi connectivity index (χ3v) is 2.96. The lowest BCUT2D eigenvalue weighted by Crippen LogP contribution is -2.21. The number of anilines is 1. The van der Waals surface area contributed by atoms with Crippen LogP contribution in [0, 0.1) is 0 Å². The van der Waals surface area contributed by atoms with Gasteiger partial charge in [0, 0.05) is 13.2 Å². The van der Waals surface area contributed by atoms with E-state index in [9.17, 15) is 14.4 Å². The Morgan fingerprint density at radius 3 is 2.75 bits per heavy atom. The first-order valence-corrected chi connectivity index (χ1v) is 5.86. The Morgan fingerprint density at radius 2 is 2.05 bits per heavy atom. The van der Waals surface area contributed by atoms with Crippen LogP contribution in [-0.2, 0) is 7.05 Å². The summed E-state index contributed by atoms with van der Waals surface area (Å²) in [6.07, 6.45) is 1.64. The molecule has 0 saturated carbocycles. The van der Waals surface area contributed by atoms with E-state index >= 15 is 0 Å². The minimum absolute atomic E-state index is 0.182. The fourth-order valence-corrected chi connectivity index (χ4v) is 2.05. The van der Waals surface area contributed by atoms with Crippen molar-refractivity contribution in [1.29, 1.82) is 0 Å². The molecule has 1 aliphatic rings. The molecule has 0 bridgehead atoms. The lowest BCUT2D eigenvalue weighted by Gasteiger charge is -2.06. The van der Waals surface area contributed by atoms with Gasteiger partial charge in [-0.2, -0.15) is 5.10 Å². The van der Waals surface area contributed by atoms with Gasteiger partial charge in [0.05, 0.1) is 16.8 Å². The molecule has 100 valence electrons. The number of benzene rings is 1. The minimum atomic E-state index is -0.512. The smallest absolute Gasteiger partial charge is 0.276 e. The number of carbonyl (C=O) groups excluding carboxylic acids is 3. The summed E-state index contributed by atoms with van der Waals surface area (Å²) in [5.41, 5.74) is 0.965. The van der Waals surface area contributed by atoms with Gasteiger partial charge in [-0.25, -0.2) is 0 Å². The summed E-state index contributed by atoms with van der Waals surface area (Å²) in [4.78, 5) is 35.3. The third-order valence-electron chi connectivity index (χ3n) is 2.96. The molecule has 0 spiro atoms. The van der Waals surface area contributed by atoms with E-state index in [1.54, 1.807) is 31.4 Å². The highest BCUT2D eigenvalue weighted by Crippen LogP contribution is 2.24. The van der Waals surface area contributed by atoms with Gasteiger partial charge in [0.1, 0.15) is 0 Å². The van der Waals surface area contributed by atoms with Gasteiger partial charge in [0.15, 0.2) is 5.69 Å². The first kappa shape index (κ1) is 12.1. The predicted molar refractivity (Wildman–Crippen MR) is 69.4 cm³/mol. The maximum Gasteiger partial charge on any atom is 0.276 e. The Kier molecular flexibility index (Phi) is 2.60. The highest BCUT2D eigenvalue weighted by molar-refractivity contribution is 6.24. The van der Waals surface area contributed by atoms with Gasteiger partial charge in [-0.1, -0.05) is 6.07 Å². The van der Waals surface area contributed by atoms with Crippen molar-refractivity contribution in [3.8, 4) is 0 Å². The number of aryl methyl sites for hydroxylation is 1. The fraction of sp³-hybridized carbons (Fsp3) is 0.0769. The minimum Gasteiger partial charge on any atom is -0.320 e. The fourth-order valence-electron chi connectivity index (χ4n) is 2.05. The first-order valence-electron chi connectivity index (χ1n) is 5.86. The Hall–Kier alpha value is -2.96. The lowest BCUT2D eigenvalue weighted by molar-refractivity contribution is 0.0879. The zero-order chi connectivity index (χ0) is 14.3. The molecule has 7 heteroatoms. The largest absolute Gasteiger partial charge is 0.320 e. The molecule has 1 aliphatic heterocycles. The zero-order valence-electron chi connectivity index (χ0n) is 10.5. The second-order valence-corrected chi connectivity index (χ2v) is 4.34. The van der Waals surface area contributed by atoms with Crippen LogP contribution in [0.4, 0.5) is 5.69 Å². The molecule has 2 N–H and O–H groups in total. The Labute approximate surface area is 113 Å². The number of hydrogen-bond acceptors (Lipinski definition) is 4. The molecule has 20 heavy (non-hydrogen) atoms. The van der Waals surface area contributed by atoms with Crippen LogP contribution in [0.1, 0.15) is 31.2 Å². The van der Waals surface area contributed by atoms with Crippen molar-refractivity contribution < 1.29 is 14.4 Å². The number of nitrogens with zero attached hydrogens (tertiary/aromatic N) is 2. The third kappa shape index (κ3) is 1.85. The Morgan fingerprint density at radius 1 is 1.25 bits per heavy atom. The Bertz CT molecular complexity index is 748. The molecule has 7 nitrogen and oxygen atoms in total. The highest BCUT2D eigenvalue weighted by Gasteiger charge is 2.29. The first-order chi connectivity index (χ1) is 9.56. The molecule has 0 radical (unpaired) electrons. The van der Waals surface area contributed by atoms with Gasteiger partial charge in [-0.15, -0.1) is 0 Å². The molecule has 2 aromatic rings. The molecule has 0 unspecified atom stereocenters. The van der Waals surface area contributed by atoms with Crippen molar-refractivity contribution in [3.63, 3.8) is 0 Å². The van der Waals surface area contributed by atoms with Crippen molar-refractivity contribution in [2.45, 2.75) is 0 Å². The van der Waals surface area contributed by atoms with E-state index in [1.807, 2.05) is 0 Å². The number of rotatable bonds is 2. The van der Waals surface area contributed by atoms with Crippen LogP contribution in [0.15, 0.2) is 30.5 Å². The summed E-state index contributed by atoms with van der Waals surface area (Å²) in [7, 11) is 1.70. The van der Waals surface area contributed by atoms with E-state index in [0.717, 1.165) is 0 Å². The standard InChI is InChI=1S/C13H10N4O3/c1-17-6-5-9(16-17)12(19)14-8-4-2-3-7-10(8)13(20)15-11(7)18/h2-6H,1H3,(H,14,19)(H,15,18,20). The average molecular weight is 270 g/mol. The van der Waals surface area contributed by atoms with E-state index < -0.39 is 17.7 Å². The van der Waals surface area contributed by atoms with Crippen LogP contribution in [0.25, 0.3) is 0 Å². The molecule has 0 fully saturated rings. The maximum atomic E-state index is 12.0. The molecule has 0 saturated heterocycles. The molecular formula is C13H10N4O3. The van der Waals surface area contributed by atoms with Crippen LogP contribution in [0.3, 0.4) is 0 Å². The predicted octanol–water partition coefficient (Wildman–Crippen LogP) is 0.556. The molecule has 1 aromatic heterocycles. The summed E-state index contributed by atoms with van der Waals surface area (Å²) < 4.78 is 1.50. The van der Waals surface area contributed by atoms with Gasteiger partial charge in [0.2, 0.25) is 0 Å². The number of nitrogens with one attached hydrogen (secondary N) is 2. The van der Waals surface area contributed by atoms with Crippen LogP contribution < -0.4 is 10.6 Å². The van der Waals surface area contributed by atoms with Crippen molar-refractivity contribution >= 4 is 23.4 Å². The zero-order valence-corrected chi connectivity index (χ0v) is 10.5. The summed E-state index contributed by atoms with van der Waals surface area (Å²) in [5.74, 6) is -1.41. The quantitative estimate of drug-likeness (QED) is 0.779. The van der Waals surface area contributed by atoms with E-state index in [1.165, 1.54) is 10.7 Å². The van der Waals surface area contributed by atoms with E-state index in [2.05, 4.69) is 15.7 Å². The number of amides is 3. The normalized spacial score (nSPS) is 13.1. The van der Waals surface area contributed by atoms with E-state index in [4.69, 9.17) is 0 Å². The lowest BCUT2D eigenvalue weighted by atomic mass is 10.1. The van der Waals surface area contributed by atoms with Crippen LogP contribution in [0.2, 0.25) is 0 Å². The molecule has 2 heterocycles. The molecule has 1 aromatic carbocycles. The monoisotopic (exact) mass is 270 g/mol. The van der Waals surface area contributed by atoms with Gasteiger partial charge in [-0.05, 0) is 18.2 Å². The van der Waals surface area contributed by atoms with Crippen LogP contribution in [0.5, 0.6) is 0 Å². The van der Waals surface area contributed by atoms with Crippen molar-refractivity contribution in [2.24, 2.45) is 7.05 Å². The van der Waals surface area contributed by atoms with E-state index in [-0.39, 0.29) is 16.8 Å². The molecule has 3 amide bonds. The summed E-state index contributed by atoms with van der Waals surface area (Å²) in [6.45, 7) is 0. The molecule has 3 rings (SSSR count). The van der Waals surface area contributed by atoms with E-state index in [0.29, 0.717) is 5.69 Å². The summed E-state index contributed by atoms with van der Waals surface area (Å²) in [5, 5.41) is 8.76. The van der Waals surface area contributed by atoms with Crippen molar-refractivity contribution in [2.75, 3.05) is 5.32 Å². The molecule has 0 aliphatic carbocycles. The molecular weight excluding hydrogens is 260 g/mol. The average Bonchev–Trinajstić information content (AvgIpc) is 2.96. The van der Waals surface area contributed by atoms with Gasteiger partial charge < -0.3 is 5.32 Å². The number of imide groups is 1. The topological polar surface area (TPSA) is 93.1 Å². The van der Waals surface area contributed by atoms with Crippen molar-refractivity contribution in [3.05, 3.63) is 47.3 Å².